The number of esters is 1. The molecule has 2 heterocycles. The molecule has 0 bridgehead atoms. The second-order valence-corrected chi connectivity index (χ2v) is 4.47. The molecule has 0 fully saturated rings. The van der Waals surface area contributed by atoms with Crippen LogP contribution in [0.4, 0.5) is 5.82 Å². The van der Waals surface area contributed by atoms with Crippen molar-refractivity contribution in [2.75, 3.05) is 18.5 Å². The Morgan fingerprint density at radius 1 is 1.36 bits per heavy atom. The average molecular weight is 296 g/mol. The van der Waals surface area contributed by atoms with Gasteiger partial charge < -0.3 is 10.1 Å². The van der Waals surface area contributed by atoms with Crippen LogP contribution in [0.2, 0.25) is 0 Å². The Bertz CT molecular complexity index is 680. The highest BCUT2D eigenvalue weighted by atomic mass is 16.5. The molecule has 2 rings (SSSR count). The summed E-state index contributed by atoms with van der Waals surface area (Å²) in [5, 5.41) is 12.2. The van der Waals surface area contributed by atoms with E-state index in [1.54, 1.807) is 31.6 Å². The van der Waals surface area contributed by atoms with Gasteiger partial charge in [-0.2, -0.15) is 5.26 Å². The number of carbonyl (C=O) groups is 1. The van der Waals surface area contributed by atoms with Crippen molar-refractivity contribution in [3.8, 4) is 17.2 Å². The molecule has 6 nitrogen and oxygen atoms in total. The van der Waals surface area contributed by atoms with Gasteiger partial charge in [-0.1, -0.05) is 6.92 Å². The van der Waals surface area contributed by atoms with Gasteiger partial charge in [0.05, 0.1) is 12.1 Å². The molecule has 2 aromatic rings. The normalized spacial score (nSPS) is 9.82. The van der Waals surface area contributed by atoms with Crippen molar-refractivity contribution in [2.45, 2.75) is 13.3 Å². The van der Waals surface area contributed by atoms with Crippen LogP contribution in [0.3, 0.4) is 0 Å². The highest BCUT2D eigenvalue weighted by Gasteiger charge is 2.07. The van der Waals surface area contributed by atoms with Gasteiger partial charge in [-0.25, -0.2) is 4.98 Å². The summed E-state index contributed by atoms with van der Waals surface area (Å²) >= 11 is 0. The minimum atomic E-state index is -0.247. The van der Waals surface area contributed by atoms with Crippen molar-refractivity contribution >= 4 is 11.8 Å². The van der Waals surface area contributed by atoms with Gasteiger partial charge in [0.15, 0.2) is 0 Å². The summed E-state index contributed by atoms with van der Waals surface area (Å²) in [7, 11) is 0. The molecule has 112 valence electrons. The first kappa shape index (κ1) is 15.4. The lowest BCUT2D eigenvalue weighted by molar-refractivity contribution is -0.142. The van der Waals surface area contributed by atoms with Crippen LogP contribution in [-0.2, 0) is 9.53 Å². The predicted octanol–water partition coefficient (Wildman–Crippen LogP) is 2.38. The number of rotatable bonds is 6. The standard InChI is InChI=1S/C16H16N4O2/c1-2-15(21)22-8-7-19-16-13(10-17)9-14(11-20-16)12-3-5-18-6-4-12/h3-6,9,11H,2,7-8H2,1H3,(H,19,20). The van der Waals surface area contributed by atoms with Crippen LogP contribution in [-0.4, -0.2) is 29.1 Å². The Balaban J connectivity index is 2.04. The molecule has 0 radical (unpaired) electrons. The van der Waals surface area contributed by atoms with Crippen molar-refractivity contribution in [2.24, 2.45) is 0 Å². The number of carbonyl (C=O) groups excluding carboxylic acids is 1. The Morgan fingerprint density at radius 3 is 2.82 bits per heavy atom. The maximum atomic E-state index is 11.0. The lowest BCUT2D eigenvalue weighted by Crippen LogP contribution is -2.14. The van der Waals surface area contributed by atoms with Crippen LogP contribution in [0.25, 0.3) is 11.1 Å². The molecule has 0 aliphatic heterocycles. The highest BCUT2D eigenvalue weighted by molar-refractivity contribution is 5.69. The van der Waals surface area contributed by atoms with Crippen LogP contribution in [0.15, 0.2) is 36.8 Å². The summed E-state index contributed by atoms with van der Waals surface area (Å²) in [5.74, 6) is 0.233. The molecule has 0 atom stereocenters. The number of ether oxygens (including phenoxy) is 1. The first-order valence-electron chi connectivity index (χ1n) is 6.94. The van der Waals surface area contributed by atoms with Crippen molar-refractivity contribution in [1.29, 1.82) is 5.26 Å². The average Bonchev–Trinajstić information content (AvgIpc) is 2.59. The summed E-state index contributed by atoms with van der Waals surface area (Å²) < 4.78 is 4.96. The van der Waals surface area contributed by atoms with Crippen molar-refractivity contribution < 1.29 is 9.53 Å². The highest BCUT2D eigenvalue weighted by Crippen LogP contribution is 2.21. The molecule has 22 heavy (non-hydrogen) atoms. The molecule has 0 saturated carbocycles. The van der Waals surface area contributed by atoms with E-state index in [4.69, 9.17) is 4.74 Å². The van der Waals surface area contributed by atoms with Gasteiger partial charge in [-0.05, 0) is 23.8 Å². The zero-order chi connectivity index (χ0) is 15.8. The number of pyridine rings is 2. The van der Waals surface area contributed by atoms with Crippen LogP contribution in [0.5, 0.6) is 0 Å². The number of hydrogen-bond donors (Lipinski definition) is 1. The number of anilines is 1. The van der Waals surface area contributed by atoms with E-state index in [-0.39, 0.29) is 12.6 Å². The fourth-order valence-corrected chi connectivity index (χ4v) is 1.83. The van der Waals surface area contributed by atoms with Crippen molar-refractivity contribution in [3.63, 3.8) is 0 Å². The Hall–Kier alpha value is -2.94. The van der Waals surface area contributed by atoms with Crippen LogP contribution < -0.4 is 5.32 Å². The fraction of sp³-hybridized carbons (Fsp3) is 0.250. The summed E-state index contributed by atoms with van der Waals surface area (Å²) in [4.78, 5) is 19.3. The Kier molecular flexibility index (Phi) is 5.44. The first-order chi connectivity index (χ1) is 10.7. The van der Waals surface area contributed by atoms with Gasteiger partial charge in [0.2, 0.25) is 0 Å². The molecule has 6 heteroatoms. The minimum Gasteiger partial charge on any atom is -0.464 e. The summed E-state index contributed by atoms with van der Waals surface area (Å²) in [6.45, 7) is 2.39. The number of nitrogens with zero attached hydrogens (tertiary/aromatic N) is 3. The quantitative estimate of drug-likeness (QED) is 0.650. The molecule has 2 aromatic heterocycles. The molecule has 0 saturated heterocycles. The van der Waals surface area contributed by atoms with E-state index in [2.05, 4.69) is 21.4 Å². The van der Waals surface area contributed by atoms with Gasteiger partial charge in [-0.15, -0.1) is 0 Å². The zero-order valence-corrected chi connectivity index (χ0v) is 12.2. The number of nitriles is 1. The molecule has 0 aliphatic carbocycles. The number of hydrogen-bond acceptors (Lipinski definition) is 6. The maximum Gasteiger partial charge on any atom is 0.305 e. The van der Waals surface area contributed by atoms with E-state index in [1.165, 1.54) is 0 Å². The van der Waals surface area contributed by atoms with Gasteiger partial charge in [0, 0.05) is 30.6 Å². The third-order valence-electron chi connectivity index (χ3n) is 2.97. The summed E-state index contributed by atoms with van der Waals surface area (Å²) in [5.41, 5.74) is 2.24. The summed E-state index contributed by atoms with van der Waals surface area (Å²) in [6.07, 6.45) is 5.42. The molecule has 0 aliphatic rings. The monoisotopic (exact) mass is 296 g/mol. The first-order valence-corrected chi connectivity index (χ1v) is 6.94. The smallest absolute Gasteiger partial charge is 0.305 e. The lowest BCUT2D eigenvalue weighted by atomic mass is 10.1. The van der Waals surface area contributed by atoms with Gasteiger partial charge in [-0.3, -0.25) is 9.78 Å². The molecule has 0 amide bonds. The van der Waals surface area contributed by atoms with Gasteiger partial charge in [0.1, 0.15) is 18.5 Å². The van der Waals surface area contributed by atoms with Crippen molar-refractivity contribution in [1.82, 2.24) is 9.97 Å². The van der Waals surface area contributed by atoms with E-state index >= 15 is 0 Å². The third kappa shape index (κ3) is 4.03. The van der Waals surface area contributed by atoms with Crippen LogP contribution in [0.1, 0.15) is 18.9 Å². The lowest BCUT2D eigenvalue weighted by Gasteiger charge is -2.09. The molecule has 0 aromatic carbocycles. The van der Waals surface area contributed by atoms with Gasteiger partial charge >= 0.3 is 5.97 Å². The number of aromatic nitrogens is 2. The molecule has 1 N–H and O–H groups in total. The molecular weight excluding hydrogens is 280 g/mol. The third-order valence-corrected chi connectivity index (χ3v) is 2.97. The predicted molar refractivity (Wildman–Crippen MR) is 81.9 cm³/mol. The van der Waals surface area contributed by atoms with E-state index in [1.807, 2.05) is 12.1 Å². The minimum absolute atomic E-state index is 0.241. The Morgan fingerprint density at radius 2 is 2.14 bits per heavy atom. The van der Waals surface area contributed by atoms with Crippen LogP contribution in [0, 0.1) is 11.3 Å². The maximum absolute atomic E-state index is 11.0. The second kappa shape index (κ2) is 7.74. The largest absolute Gasteiger partial charge is 0.464 e. The Labute approximate surface area is 128 Å². The topological polar surface area (TPSA) is 87.9 Å². The van der Waals surface area contributed by atoms with E-state index < -0.39 is 0 Å². The molecular formula is C16H16N4O2. The second-order valence-electron chi connectivity index (χ2n) is 4.47. The molecule has 0 spiro atoms. The van der Waals surface area contributed by atoms with E-state index in [0.29, 0.717) is 24.3 Å². The SMILES string of the molecule is CCC(=O)OCCNc1ncc(-c2ccncc2)cc1C#N. The number of nitrogens with one attached hydrogen (secondary N) is 1. The van der Waals surface area contributed by atoms with E-state index in [9.17, 15) is 10.1 Å². The van der Waals surface area contributed by atoms with Crippen molar-refractivity contribution in [3.05, 3.63) is 42.4 Å². The fourth-order valence-electron chi connectivity index (χ4n) is 1.83. The zero-order valence-electron chi connectivity index (χ0n) is 12.2. The molecule has 0 unspecified atom stereocenters. The summed E-state index contributed by atoms with van der Waals surface area (Å²) in [6, 6.07) is 7.60. The van der Waals surface area contributed by atoms with Gasteiger partial charge in [0.25, 0.3) is 0 Å². The van der Waals surface area contributed by atoms with E-state index in [0.717, 1.165) is 11.1 Å². The van der Waals surface area contributed by atoms with Crippen LogP contribution >= 0.6 is 0 Å².